The smallest absolute Gasteiger partial charge is 0.326 e. The maximum Gasteiger partial charge on any atom is 0.326 e. The van der Waals surface area contributed by atoms with Crippen LogP contribution in [0.5, 0.6) is 0 Å². The van der Waals surface area contributed by atoms with E-state index in [9.17, 15) is 23.1 Å². The molecule has 2 aliphatic rings. The van der Waals surface area contributed by atoms with Gasteiger partial charge in [-0.2, -0.15) is 0 Å². The number of fused-ring (bicyclic) bond motifs is 2. The molecule has 0 aliphatic carbocycles. The lowest BCUT2D eigenvalue weighted by Crippen LogP contribution is -2.37. The van der Waals surface area contributed by atoms with E-state index in [1.165, 1.54) is 0 Å². The Bertz CT molecular complexity index is 1200. The Hall–Kier alpha value is -3.17. The Morgan fingerprint density at radius 1 is 1.19 bits per heavy atom. The van der Waals surface area contributed by atoms with Gasteiger partial charge in [-0.1, -0.05) is 30.3 Å². The predicted molar refractivity (Wildman–Crippen MR) is 116 cm³/mol. The van der Waals surface area contributed by atoms with Crippen LogP contribution in [0.1, 0.15) is 28.7 Å². The quantitative estimate of drug-likeness (QED) is 0.561. The van der Waals surface area contributed by atoms with E-state index >= 15 is 0 Å². The molecule has 0 bridgehead atoms. The zero-order valence-corrected chi connectivity index (χ0v) is 17.7. The number of benzene rings is 2. The van der Waals surface area contributed by atoms with Crippen molar-refractivity contribution < 1.29 is 27.9 Å². The van der Waals surface area contributed by atoms with Crippen LogP contribution in [0, 0.1) is 0 Å². The molecule has 8 nitrogen and oxygen atoms in total. The normalized spacial score (nSPS) is 17.5. The molecule has 0 spiro atoms. The van der Waals surface area contributed by atoms with Gasteiger partial charge in [-0.25, -0.2) is 13.2 Å². The summed E-state index contributed by atoms with van der Waals surface area (Å²) in [5.41, 5.74) is 4.59. The van der Waals surface area contributed by atoms with Crippen LogP contribution < -0.4 is 10.6 Å². The van der Waals surface area contributed by atoms with Gasteiger partial charge in [0.25, 0.3) is 5.91 Å². The minimum atomic E-state index is -3.35. The lowest BCUT2D eigenvalue weighted by Gasteiger charge is -2.21. The number of carboxylic acids is 1. The van der Waals surface area contributed by atoms with Gasteiger partial charge in [-0.3, -0.25) is 4.79 Å². The molecule has 4 rings (SSSR count). The molecule has 162 valence electrons. The lowest BCUT2D eigenvalue weighted by molar-refractivity contribution is -0.139. The topological polar surface area (TPSA) is 122 Å². The van der Waals surface area contributed by atoms with E-state index in [1.807, 2.05) is 18.2 Å². The van der Waals surface area contributed by atoms with Gasteiger partial charge in [-0.15, -0.1) is 0 Å². The Balaban J connectivity index is 1.82. The van der Waals surface area contributed by atoms with Crippen molar-refractivity contribution >= 4 is 38.7 Å². The third-order valence-electron chi connectivity index (χ3n) is 5.33. The summed E-state index contributed by atoms with van der Waals surface area (Å²) in [5.74, 6) is -1.84. The highest BCUT2D eigenvalue weighted by Crippen LogP contribution is 2.37. The van der Waals surface area contributed by atoms with Gasteiger partial charge in [-0.05, 0) is 35.2 Å². The molecule has 9 heteroatoms. The van der Waals surface area contributed by atoms with Crippen molar-refractivity contribution in [3.8, 4) is 0 Å². The summed E-state index contributed by atoms with van der Waals surface area (Å²) in [4.78, 5) is 24.8. The van der Waals surface area contributed by atoms with Gasteiger partial charge >= 0.3 is 5.97 Å². The second kappa shape index (κ2) is 8.16. The zero-order chi connectivity index (χ0) is 22.2. The Kier molecular flexibility index (Phi) is 5.55. The van der Waals surface area contributed by atoms with E-state index < -0.39 is 21.8 Å². The molecule has 31 heavy (non-hydrogen) atoms. The van der Waals surface area contributed by atoms with Crippen LogP contribution in [0.4, 0.5) is 5.69 Å². The van der Waals surface area contributed by atoms with Crippen LogP contribution in [0.3, 0.4) is 0 Å². The first kappa shape index (κ1) is 21.1. The van der Waals surface area contributed by atoms with Crippen molar-refractivity contribution in [2.24, 2.45) is 0 Å². The molecule has 0 fully saturated rings. The standard InChI is InChI=1S/C22H22N2O6S/c1-31(28,29)9-8-18(22(26)27)23-20(13-6-7-14-11-30-12-15(14)10-13)19-16-4-2-3-5-17(16)24-21(19)25/h2-7,10,18,23H,8-9,11-12H2,1H3,(H,24,25)(H,26,27). The number of hydrogen-bond donors (Lipinski definition) is 3. The molecule has 1 unspecified atom stereocenters. The second-order valence-electron chi connectivity index (χ2n) is 7.68. The molecule has 0 aromatic heterocycles. The predicted octanol–water partition coefficient (Wildman–Crippen LogP) is 2.01. The highest BCUT2D eigenvalue weighted by molar-refractivity contribution is 7.90. The number of sulfone groups is 1. The van der Waals surface area contributed by atoms with Crippen LogP contribution in [0.2, 0.25) is 0 Å². The second-order valence-corrected chi connectivity index (χ2v) is 9.94. The van der Waals surface area contributed by atoms with Gasteiger partial charge in [0.15, 0.2) is 0 Å². The summed E-state index contributed by atoms with van der Waals surface area (Å²) in [5, 5.41) is 15.5. The summed E-state index contributed by atoms with van der Waals surface area (Å²) in [6, 6.07) is 11.5. The number of nitrogens with one attached hydrogen (secondary N) is 2. The number of rotatable bonds is 7. The molecule has 0 saturated heterocycles. The number of carboxylic acid groups (broad SMARTS) is 1. The number of anilines is 1. The van der Waals surface area contributed by atoms with Crippen molar-refractivity contribution in [3.05, 3.63) is 64.7 Å². The Morgan fingerprint density at radius 3 is 2.68 bits per heavy atom. The number of amides is 1. The van der Waals surface area contributed by atoms with Gasteiger partial charge in [0, 0.05) is 17.5 Å². The van der Waals surface area contributed by atoms with E-state index in [0.29, 0.717) is 41.3 Å². The largest absolute Gasteiger partial charge is 0.480 e. The van der Waals surface area contributed by atoms with Crippen LogP contribution in [0.15, 0.2) is 42.5 Å². The average Bonchev–Trinajstić information content (AvgIpc) is 3.30. The van der Waals surface area contributed by atoms with Crippen molar-refractivity contribution in [2.45, 2.75) is 25.7 Å². The zero-order valence-electron chi connectivity index (χ0n) is 16.8. The molecule has 1 atom stereocenters. The van der Waals surface area contributed by atoms with Gasteiger partial charge in [0.2, 0.25) is 0 Å². The minimum Gasteiger partial charge on any atom is -0.480 e. The number of ether oxygens (including phenoxy) is 1. The monoisotopic (exact) mass is 442 g/mol. The minimum absolute atomic E-state index is 0.137. The molecule has 3 N–H and O–H groups in total. The summed E-state index contributed by atoms with van der Waals surface area (Å²) in [6.07, 6.45) is 0.925. The van der Waals surface area contributed by atoms with Crippen LogP contribution in [-0.4, -0.2) is 43.5 Å². The van der Waals surface area contributed by atoms with E-state index in [4.69, 9.17) is 4.74 Å². The summed E-state index contributed by atoms with van der Waals surface area (Å²) >= 11 is 0. The van der Waals surface area contributed by atoms with E-state index in [0.717, 1.165) is 17.4 Å². The van der Waals surface area contributed by atoms with Crippen molar-refractivity contribution in [3.63, 3.8) is 0 Å². The molecule has 0 saturated carbocycles. The van der Waals surface area contributed by atoms with E-state index in [1.54, 1.807) is 24.3 Å². The molecule has 2 aromatic rings. The van der Waals surface area contributed by atoms with Crippen LogP contribution in [-0.2, 0) is 37.4 Å². The average molecular weight is 442 g/mol. The Labute approximate surface area is 179 Å². The number of para-hydroxylation sites is 1. The summed E-state index contributed by atoms with van der Waals surface area (Å²) < 4.78 is 28.7. The third-order valence-corrected chi connectivity index (χ3v) is 6.30. The highest BCUT2D eigenvalue weighted by atomic mass is 32.2. The lowest BCUT2D eigenvalue weighted by atomic mass is 9.97. The van der Waals surface area contributed by atoms with Crippen molar-refractivity contribution in [2.75, 3.05) is 17.3 Å². The molecule has 2 aromatic carbocycles. The molecule has 1 amide bonds. The van der Waals surface area contributed by atoms with Crippen molar-refractivity contribution in [1.29, 1.82) is 0 Å². The van der Waals surface area contributed by atoms with Gasteiger partial charge < -0.3 is 20.5 Å². The van der Waals surface area contributed by atoms with E-state index in [-0.39, 0.29) is 18.1 Å². The molecule has 2 heterocycles. The first-order valence-electron chi connectivity index (χ1n) is 9.75. The maximum absolute atomic E-state index is 12.9. The SMILES string of the molecule is CS(=O)(=O)CCC(NC(=C1C(=O)Nc2ccccc21)c1ccc2c(c1)COC2)C(=O)O. The molecule has 2 aliphatic heterocycles. The van der Waals surface area contributed by atoms with Gasteiger partial charge in [0.05, 0.1) is 30.2 Å². The van der Waals surface area contributed by atoms with Gasteiger partial charge in [0.1, 0.15) is 15.9 Å². The first-order valence-corrected chi connectivity index (χ1v) is 11.8. The fourth-order valence-corrected chi connectivity index (χ4v) is 4.42. The van der Waals surface area contributed by atoms with Crippen LogP contribution >= 0.6 is 0 Å². The maximum atomic E-state index is 12.9. The first-order chi connectivity index (χ1) is 14.7. The Morgan fingerprint density at radius 2 is 1.94 bits per heavy atom. The number of aliphatic carboxylic acids is 1. The van der Waals surface area contributed by atoms with Crippen molar-refractivity contribution in [1.82, 2.24) is 5.32 Å². The summed E-state index contributed by atoms with van der Waals surface area (Å²) in [7, 11) is -3.35. The molecular formula is C22H22N2O6S. The number of carbonyl (C=O) groups is 2. The van der Waals surface area contributed by atoms with E-state index in [2.05, 4.69) is 10.6 Å². The number of hydrogen-bond acceptors (Lipinski definition) is 6. The fraction of sp³-hybridized carbons (Fsp3) is 0.273. The summed E-state index contributed by atoms with van der Waals surface area (Å²) in [6.45, 7) is 0.940. The van der Waals surface area contributed by atoms with Crippen LogP contribution in [0.25, 0.3) is 11.3 Å². The fourth-order valence-electron chi connectivity index (χ4n) is 3.76. The number of carbonyl (C=O) groups excluding carboxylic acids is 1. The molecule has 0 radical (unpaired) electrons. The third kappa shape index (κ3) is 4.47. The highest BCUT2D eigenvalue weighted by Gasteiger charge is 2.31. The molecular weight excluding hydrogens is 420 g/mol.